The van der Waals surface area contributed by atoms with Crippen molar-refractivity contribution < 1.29 is 0 Å². The summed E-state index contributed by atoms with van der Waals surface area (Å²) in [4.78, 5) is 0. The Bertz CT molecular complexity index is 5000. The van der Waals surface area contributed by atoms with Gasteiger partial charge in [-0.05, 0) is 109 Å². The minimum absolute atomic E-state index is 0.0445. The van der Waals surface area contributed by atoms with Gasteiger partial charge in [-0.15, -0.1) is 34.0 Å². The summed E-state index contributed by atoms with van der Waals surface area (Å²) >= 11 is 5.65. The molecular weight excluding hydrogens is 1010 g/mol. The monoisotopic (exact) mass is 1060 g/mol. The van der Waals surface area contributed by atoms with Crippen molar-refractivity contribution in [1.29, 1.82) is 0 Å². The lowest BCUT2D eigenvalue weighted by molar-refractivity contribution is 1.18. The van der Waals surface area contributed by atoms with Gasteiger partial charge in [0.2, 0.25) is 6.71 Å². The molecule has 7 heteroatoms. The Kier molecular flexibility index (Phi) is 9.23. The smallest absolute Gasteiger partial charge is 0.241 e. The molecule has 0 radical (unpaired) electrons. The molecular formula is C72H42BN3S3. The van der Waals surface area contributed by atoms with Gasteiger partial charge in [-0.3, -0.25) is 0 Å². The molecule has 0 atom stereocenters. The molecule has 6 aromatic heterocycles. The number of benzene rings is 12. The minimum atomic E-state index is -0.0445. The van der Waals surface area contributed by atoms with Gasteiger partial charge in [-0.2, -0.15) is 0 Å². The third kappa shape index (κ3) is 6.40. The molecule has 0 saturated carbocycles. The lowest BCUT2D eigenvalue weighted by atomic mass is 9.37. The van der Waals surface area contributed by atoms with Crippen LogP contribution in [0.15, 0.2) is 255 Å². The van der Waals surface area contributed by atoms with Crippen LogP contribution in [0.1, 0.15) is 0 Å². The van der Waals surface area contributed by atoms with Crippen molar-refractivity contribution in [2.45, 2.75) is 0 Å². The van der Waals surface area contributed by atoms with E-state index >= 15 is 0 Å². The van der Waals surface area contributed by atoms with Gasteiger partial charge in [0.05, 0.1) is 33.1 Å². The molecule has 18 rings (SSSR count). The van der Waals surface area contributed by atoms with Gasteiger partial charge in [-0.1, -0.05) is 162 Å². The zero-order chi connectivity index (χ0) is 51.4. The predicted molar refractivity (Wildman–Crippen MR) is 346 cm³/mol. The Morgan fingerprint density at radius 3 is 0.772 bits per heavy atom. The summed E-state index contributed by atoms with van der Waals surface area (Å²) in [6, 6.07) is 95.9. The number of hydrogen-bond acceptors (Lipinski definition) is 3. The van der Waals surface area contributed by atoms with Crippen molar-refractivity contribution in [2.24, 2.45) is 0 Å². The van der Waals surface area contributed by atoms with Crippen LogP contribution < -0.4 is 16.4 Å². The predicted octanol–water partition coefficient (Wildman–Crippen LogP) is 18.6. The fraction of sp³-hybridized carbons (Fsp3) is 0. The number of para-hydroxylation sites is 3. The molecule has 0 unspecified atom stereocenters. The third-order valence-corrected chi connectivity index (χ3v) is 20.4. The van der Waals surface area contributed by atoms with Crippen LogP contribution in [-0.2, 0) is 0 Å². The van der Waals surface area contributed by atoms with Crippen molar-refractivity contribution >= 4 is 183 Å². The average Bonchev–Trinajstić information content (AvgIpc) is 4.54. The van der Waals surface area contributed by atoms with Crippen LogP contribution in [0.4, 0.5) is 0 Å². The van der Waals surface area contributed by atoms with Crippen molar-refractivity contribution in [1.82, 2.24) is 13.7 Å². The Hall–Kier alpha value is -9.24. The third-order valence-electron chi connectivity index (χ3n) is 17.0. The number of hydrogen-bond donors (Lipinski definition) is 0. The van der Waals surface area contributed by atoms with E-state index in [1.165, 1.54) is 142 Å². The van der Waals surface area contributed by atoms with Crippen LogP contribution in [0.5, 0.6) is 0 Å². The fourth-order valence-electron chi connectivity index (χ4n) is 13.4. The van der Waals surface area contributed by atoms with E-state index in [0.29, 0.717) is 0 Å². The number of fused-ring (bicyclic) bond motifs is 18. The van der Waals surface area contributed by atoms with Crippen molar-refractivity contribution in [3.05, 3.63) is 255 Å². The van der Waals surface area contributed by atoms with Crippen molar-refractivity contribution in [2.75, 3.05) is 0 Å². The molecule has 366 valence electrons. The fourth-order valence-corrected chi connectivity index (χ4v) is 16.8. The Balaban J connectivity index is 0.802. The highest BCUT2D eigenvalue weighted by molar-refractivity contribution is 7.26. The molecule has 0 aliphatic carbocycles. The second-order valence-electron chi connectivity index (χ2n) is 21.2. The van der Waals surface area contributed by atoms with Crippen molar-refractivity contribution in [3.63, 3.8) is 0 Å². The Morgan fingerprint density at radius 1 is 0.203 bits per heavy atom. The van der Waals surface area contributed by atoms with E-state index in [2.05, 4.69) is 268 Å². The first-order chi connectivity index (χ1) is 39.1. The molecule has 0 aliphatic heterocycles. The van der Waals surface area contributed by atoms with Crippen LogP contribution >= 0.6 is 34.0 Å². The van der Waals surface area contributed by atoms with E-state index in [9.17, 15) is 0 Å². The van der Waals surface area contributed by atoms with Crippen LogP contribution in [0.3, 0.4) is 0 Å². The maximum Gasteiger partial charge on any atom is 0.241 e. The maximum atomic E-state index is 2.47. The largest absolute Gasteiger partial charge is 0.309 e. The zero-order valence-corrected chi connectivity index (χ0v) is 44.8. The highest BCUT2D eigenvalue weighted by atomic mass is 32.1. The molecule has 0 aliphatic rings. The number of thiophene rings is 3. The molecule has 0 bridgehead atoms. The van der Waals surface area contributed by atoms with E-state index in [4.69, 9.17) is 0 Å². The lowest BCUT2D eigenvalue weighted by Gasteiger charge is -2.19. The Labute approximate surface area is 465 Å². The quantitative estimate of drug-likeness (QED) is 0.147. The molecule has 0 N–H and O–H groups in total. The minimum Gasteiger partial charge on any atom is -0.309 e. The molecule has 18 aromatic rings. The second-order valence-corrected chi connectivity index (χ2v) is 24.4. The topological polar surface area (TPSA) is 14.8 Å². The summed E-state index contributed by atoms with van der Waals surface area (Å²) in [5, 5.41) is 15.5. The number of aromatic nitrogens is 3. The molecule has 0 amide bonds. The highest BCUT2D eigenvalue weighted by Gasteiger charge is 2.25. The number of rotatable bonds is 6. The van der Waals surface area contributed by atoms with Gasteiger partial charge in [0, 0.05) is 110 Å². The zero-order valence-electron chi connectivity index (χ0n) is 42.4. The van der Waals surface area contributed by atoms with Crippen LogP contribution in [-0.4, -0.2) is 20.4 Å². The second kappa shape index (κ2) is 16.6. The summed E-state index contributed by atoms with van der Waals surface area (Å²) < 4.78 is 15.3. The average molecular weight is 1060 g/mol. The van der Waals surface area contributed by atoms with E-state index in [1.54, 1.807) is 0 Å². The standard InChI is InChI=1S/C72H42BN3S3/c1-7-19-61-49(13-1)55-40-70-58(52-16-4-10-22-67(52)77-70)37-64(55)74(61)46-31-25-43(26-32-46)73(44-27-33-47(34-28-44)75-62-20-8-2-14-50(62)56-41-71-59(38-65(56)75)53-17-5-11-23-68(53)78-71)45-29-35-48(36-30-45)76-63-21-9-3-15-51(63)57-42-72-60(39-66(57)76)54-18-6-12-24-69(54)79-72/h1-42H. The van der Waals surface area contributed by atoms with E-state index in [-0.39, 0.29) is 6.71 Å². The summed E-state index contributed by atoms with van der Waals surface area (Å²) in [5.74, 6) is 0. The SMILES string of the molecule is c1ccc2c(c1)sc1cc3c4ccccc4n(-c4ccc(B(c5ccc(-n6c7ccccc7c7cc8sc9ccccc9c8cc76)cc5)c5ccc(-n6c7ccccc7c7cc8sc9ccccc9c8cc76)cc5)cc4)c3cc12. The summed E-state index contributed by atoms with van der Waals surface area (Å²) in [6.07, 6.45) is 0. The van der Waals surface area contributed by atoms with Gasteiger partial charge < -0.3 is 13.7 Å². The summed E-state index contributed by atoms with van der Waals surface area (Å²) in [5.41, 5.74) is 14.5. The molecule has 0 fully saturated rings. The van der Waals surface area contributed by atoms with Crippen LogP contribution in [0.2, 0.25) is 0 Å². The van der Waals surface area contributed by atoms with Crippen LogP contribution in [0.25, 0.3) is 143 Å². The first kappa shape index (κ1) is 43.8. The molecule has 12 aromatic carbocycles. The molecule has 0 saturated heterocycles. The number of nitrogens with zero attached hydrogens (tertiary/aromatic N) is 3. The molecule has 3 nitrogen and oxygen atoms in total. The van der Waals surface area contributed by atoms with Gasteiger partial charge in [0.25, 0.3) is 0 Å². The highest BCUT2D eigenvalue weighted by Crippen LogP contribution is 2.44. The molecule has 0 spiro atoms. The van der Waals surface area contributed by atoms with Gasteiger partial charge >= 0.3 is 0 Å². The first-order valence-corrected chi connectivity index (χ1v) is 29.4. The first-order valence-electron chi connectivity index (χ1n) is 27.0. The van der Waals surface area contributed by atoms with Gasteiger partial charge in [0.1, 0.15) is 0 Å². The van der Waals surface area contributed by atoms with Gasteiger partial charge in [-0.25, -0.2) is 0 Å². The van der Waals surface area contributed by atoms with E-state index in [1.807, 2.05) is 34.0 Å². The van der Waals surface area contributed by atoms with Gasteiger partial charge in [0.15, 0.2) is 0 Å². The normalized spacial score (nSPS) is 12.3. The molecule has 79 heavy (non-hydrogen) atoms. The van der Waals surface area contributed by atoms with E-state index < -0.39 is 0 Å². The maximum absolute atomic E-state index is 2.47. The summed E-state index contributed by atoms with van der Waals surface area (Å²) in [7, 11) is 0. The molecule has 6 heterocycles. The summed E-state index contributed by atoms with van der Waals surface area (Å²) in [6.45, 7) is -0.0445. The van der Waals surface area contributed by atoms with Crippen LogP contribution in [0, 0.1) is 0 Å². The Morgan fingerprint density at radius 2 is 0.468 bits per heavy atom. The van der Waals surface area contributed by atoms with E-state index in [0.717, 1.165) is 17.1 Å². The van der Waals surface area contributed by atoms with Crippen molar-refractivity contribution in [3.8, 4) is 17.1 Å². The lowest BCUT2D eigenvalue weighted by Crippen LogP contribution is -2.52.